The Labute approximate surface area is 182 Å². The van der Waals surface area contributed by atoms with Crippen LogP contribution in [0.1, 0.15) is 48.9 Å². The van der Waals surface area contributed by atoms with Crippen LogP contribution in [0.2, 0.25) is 0 Å². The fourth-order valence-electron chi connectivity index (χ4n) is 4.53. The molecule has 7 nitrogen and oxygen atoms in total. The van der Waals surface area contributed by atoms with E-state index in [1.165, 1.54) is 18.2 Å². The summed E-state index contributed by atoms with van der Waals surface area (Å²) in [4.78, 5) is 40.1. The van der Waals surface area contributed by atoms with Gasteiger partial charge in [-0.1, -0.05) is 25.0 Å². The van der Waals surface area contributed by atoms with Crippen LogP contribution in [-0.2, 0) is 14.3 Å². The maximum Gasteiger partial charge on any atom is 0.254 e. The van der Waals surface area contributed by atoms with Crippen LogP contribution in [0.3, 0.4) is 0 Å². The Morgan fingerprint density at radius 2 is 1.81 bits per heavy atom. The second-order valence-electron chi connectivity index (χ2n) is 8.36. The van der Waals surface area contributed by atoms with E-state index in [4.69, 9.17) is 4.74 Å². The van der Waals surface area contributed by atoms with Gasteiger partial charge < -0.3 is 20.3 Å². The molecule has 1 atom stereocenters. The molecule has 2 fully saturated rings. The highest BCUT2D eigenvalue weighted by Gasteiger charge is 2.36. The molecule has 3 rings (SSSR count). The molecule has 0 aromatic heterocycles. The van der Waals surface area contributed by atoms with Gasteiger partial charge in [-0.2, -0.15) is 0 Å². The van der Waals surface area contributed by atoms with Gasteiger partial charge in [-0.05, 0) is 43.7 Å². The summed E-state index contributed by atoms with van der Waals surface area (Å²) in [6, 6.07) is 4.91. The van der Waals surface area contributed by atoms with Crippen LogP contribution in [0.5, 0.6) is 0 Å². The number of methoxy groups -OCH3 is 1. The van der Waals surface area contributed by atoms with Gasteiger partial charge in [0.1, 0.15) is 11.9 Å². The van der Waals surface area contributed by atoms with Crippen LogP contribution in [0, 0.1) is 17.7 Å². The van der Waals surface area contributed by atoms with Crippen LogP contribution >= 0.6 is 0 Å². The maximum atomic E-state index is 14.0. The predicted octanol–water partition coefficient (Wildman–Crippen LogP) is 2.12. The number of ether oxygens (including phenoxy) is 1. The molecule has 1 saturated heterocycles. The highest BCUT2D eigenvalue weighted by molar-refractivity contribution is 5.97. The quantitative estimate of drug-likeness (QED) is 0.615. The molecule has 31 heavy (non-hydrogen) atoms. The van der Waals surface area contributed by atoms with E-state index in [-0.39, 0.29) is 29.2 Å². The van der Waals surface area contributed by atoms with Gasteiger partial charge in [-0.3, -0.25) is 14.4 Å². The average molecular weight is 434 g/mol. The summed E-state index contributed by atoms with van der Waals surface area (Å²) in [6.07, 6.45) is 5.36. The average Bonchev–Trinajstić information content (AvgIpc) is 3.32. The van der Waals surface area contributed by atoms with Gasteiger partial charge in [0.25, 0.3) is 5.91 Å². The van der Waals surface area contributed by atoms with Gasteiger partial charge in [0.05, 0.1) is 12.2 Å². The number of carbonyl (C=O) groups is 3. The van der Waals surface area contributed by atoms with Crippen LogP contribution in [0.25, 0.3) is 0 Å². The van der Waals surface area contributed by atoms with Gasteiger partial charge in [0.2, 0.25) is 11.8 Å². The second kappa shape index (κ2) is 11.2. The summed E-state index contributed by atoms with van der Waals surface area (Å²) in [5, 5.41) is 5.51. The SMILES string of the molecule is COCCNC(=O)[C@@H](NC(=O)c1ccccc1F)C1CCN(C(=O)C2CCCC2)CC1. The highest BCUT2D eigenvalue weighted by Crippen LogP contribution is 2.29. The molecule has 0 radical (unpaired) electrons. The van der Waals surface area contributed by atoms with E-state index < -0.39 is 17.8 Å². The van der Waals surface area contributed by atoms with Gasteiger partial charge in [0.15, 0.2) is 0 Å². The molecule has 1 saturated carbocycles. The Morgan fingerprint density at radius 1 is 1.13 bits per heavy atom. The molecule has 2 N–H and O–H groups in total. The molecular formula is C23H32FN3O4. The Bertz CT molecular complexity index is 774. The van der Waals surface area contributed by atoms with E-state index in [9.17, 15) is 18.8 Å². The van der Waals surface area contributed by atoms with Crippen molar-refractivity contribution in [3.05, 3.63) is 35.6 Å². The molecule has 1 aromatic rings. The van der Waals surface area contributed by atoms with Gasteiger partial charge in [-0.15, -0.1) is 0 Å². The third kappa shape index (κ3) is 6.03. The van der Waals surface area contributed by atoms with Crippen molar-refractivity contribution in [2.45, 2.75) is 44.6 Å². The fraction of sp³-hybridized carbons (Fsp3) is 0.609. The minimum absolute atomic E-state index is 0.0916. The standard InChI is InChI=1S/C23H32FN3O4/c1-31-15-12-25-22(29)20(26-21(28)18-8-4-5-9-19(18)24)16-10-13-27(14-11-16)23(30)17-6-2-3-7-17/h4-5,8-9,16-17,20H,2-3,6-7,10-15H2,1H3,(H,25,29)(H,26,28)/t20-/m0/s1. The Balaban J connectivity index is 1.65. The smallest absolute Gasteiger partial charge is 0.254 e. The number of nitrogens with one attached hydrogen (secondary N) is 2. The first-order valence-electron chi connectivity index (χ1n) is 11.1. The molecule has 0 bridgehead atoms. The number of hydrogen-bond donors (Lipinski definition) is 2. The second-order valence-corrected chi connectivity index (χ2v) is 8.36. The number of carbonyl (C=O) groups excluding carboxylic acids is 3. The van der Waals surface area contributed by atoms with E-state index in [0.717, 1.165) is 25.7 Å². The lowest BCUT2D eigenvalue weighted by atomic mass is 9.87. The molecule has 0 unspecified atom stereocenters. The molecule has 8 heteroatoms. The van der Waals surface area contributed by atoms with Crippen molar-refractivity contribution in [1.82, 2.24) is 15.5 Å². The van der Waals surface area contributed by atoms with E-state index in [0.29, 0.717) is 39.1 Å². The zero-order valence-electron chi connectivity index (χ0n) is 18.1. The topological polar surface area (TPSA) is 87.7 Å². The monoisotopic (exact) mass is 433 g/mol. The number of benzene rings is 1. The molecule has 170 valence electrons. The van der Waals surface area contributed by atoms with E-state index in [1.54, 1.807) is 13.2 Å². The molecule has 3 amide bonds. The van der Waals surface area contributed by atoms with Crippen molar-refractivity contribution in [3.8, 4) is 0 Å². The minimum atomic E-state index is -0.798. The van der Waals surface area contributed by atoms with Crippen molar-refractivity contribution >= 4 is 17.7 Å². The number of rotatable bonds is 8. The summed E-state index contributed by atoms with van der Waals surface area (Å²) in [6.45, 7) is 1.81. The number of nitrogens with zero attached hydrogens (tertiary/aromatic N) is 1. The van der Waals surface area contributed by atoms with Crippen molar-refractivity contribution in [2.24, 2.45) is 11.8 Å². The van der Waals surface area contributed by atoms with Crippen LogP contribution < -0.4 is 10.6 Å². The lowest BCUT2D eigenvalue weighted by Crippen LogP contribution is -2.54. The summed E-state index contributed by atoms with van der Waals surface area (Å²) in [5.41, 5.74) is -0.0916. The lowest BCUT2D eigenvalue weighted by molar-refractivity contribution is -0.137. The fourth-order valence-corrected chi connectivity index (χ4v) is 4.53. The highest BCUT2D eigenvalue weighted by atomic mass is 19.1. The van der Waals surface area contributed by atoms with E-state index >= 15 is 0 Å². The maximum absolute atomic E-state index is 14.0. The molecule has 1 aliphatic carbocycles. The normalized spacial score (nSPS) is 18.6. The zero-order valence-corrected chi connectivity index (χ0v) is 18.1. The summed E-state index contributed by atoms with van der Waals surface area (Å²) in [7, 11) is 1.54. The Kier molecular flexibility index (Phi) is 8.40. The molecule has 0 spiro atoms. The third-order valence-corrected chi connectivity index (χ3v) is 6.32. The molecule has 2 aliphatic rings. The molecular weight excluding hydrogens is 401 g/mol. The summed E-state index contributed by atoms with van der Waals surface area (Å²) < 4.78 is 19.0. The Morgan fingerprint density at radius 3 is 2.45 bits per heavy atom. The molecule has 1 heterocycles. The molecule has 1 aliphatic heterocycles. The molecule has 1 aromatic carbocycles. The van der Waals surface area contributed by atoms with Crippen LogP contribution in [-0.4, -0.2) is 62.0 Å². The van der Waals surface area contributed by atoms with Crippen LogP contribution in [0.15, 0.2) is 24.3 Å². The van der Waals surface area contributed by atoms with Crippen molar-refractivity contribution < 1.29 is 23.5 Å². The lowest BCUT2D eigenvalue weighted by Gasteiger charge is -2.36. The first-order chi connectivity index (χ1) is 15.0. The summed E-state index contributed by atoms with van der Waals surface area (Å²) >= 11 is 0. The number of halogens is 1. The largest absolute Gasteiger partial charge is 0.383 e. The van der Waals surface area contributed by atoms with Gasteiger partial charge in [-0.25, -0.2) is 4.39 Å². The van der Waals surface area contributed by atoms with Crippen molar-refractivity contribution in [1.29, 1.82) is 0 Å². The van der Waals surface area contributed by atoms with Crippen molar-refractivity contribution in [2.75, 3.05) is 33.4 Å². The summed E-state index contributed by atoms with van der Waals surface area (Å²) in [5.74, 6) is -1.35. The minimum Gasteiger partial charge on any atom is -0.383 e. The number of hydrogen-bond acceptors (Lipinski definition) is 4. The van der Waals surface area contributed by atoms with Gasteiger partial charge >= 0.3 is 0 Å². The van der Waals surface area contributed by atoms with Crippen molar-refractivity contribution in [3.63, 3.8) is 0 Å². The first-order valence-corrected chi connectivity index (χ1v) is 11.1. The number of piperidine rings is 1. The third-order valence-electron chi connectivity index (χ3n) is 6.32. The first kappa shape index (κ1) is 23.2. The van der Waals surface area contributed by atoms with E-state index in [1.807, 2.05) is 4.90 Å². The Hall–Kier alpha value is -2.48. The number of likely N-dealkylation sites (tertiary alicyclic amines) is 1. The van der Waals surface area contributed by atoms with Crippen LogP contribution in [0.4, 0.5) is 4.39 Å². The predicted molar refractivity (Wildman–Crippen MR) is 114 cm³/mol. The van der Waals surface area contributed by atoms with Gasteiger partial charge in [0, 0.05) is 32.7 Å². The number of amides is 3. The van der Waals surface area contributed by atoms with E-state index in [2.05, 4.69) is 10.6 Å². The zero-order chi connectivity index (χ0) is 22.2.